The van der Waals surface area contributed by atoms with Gasteiger partial charge in [0.05, 0.1) is 51.3 Å². The fourth-order valence-electron chi connectivity index (χ4n) is 3.19. The first-order valence-corrected chi connectivity index (χ1v) is 8.86. The fraction of sp³-hybridized carbons (Fsp3) is 0.0455. The second kappa shape index (κ2) is 6.35. The molecule has 5 rings (SSSR count). The highest BCUT2D eigenvalue weighted by Crippen LogP contribution is 2.22. The molecule has 5 heterocycles. The van der Waals surface area contributed by atoms with Gasteiger partial charge in [0.2, 0.25) is 5.91 Å². The van der Waals surface area contributed by atoms with Gasteiger partial charge in [0.25, 0.3) is 0 Å². The SMILES string of the molecule is CC(=O)NC1=CC2=CC3=NC(=CC4=NC(=CC5=NC(=CC1=N2)C=C5)C=C4)C=C3. The van der Waals surface area contributed by atoms with Crippen molar-refractivity contribution in [2.45, 2.75) is 6.92 Å². The minimum Gasteiger partial charge on any atom is -0.324 e. The minimum absolute atomic E-state index is 0.148. The maximum Gasteiger partial charge on any atom is 0.221 e. The first-order chi connectivity index (χ1) is 13.6. The topological polar surface area (TPSA) is 78.5 Å². The van der Waals surface area contributed by atoms with E-state index in [9.17, 15) is 4.79 Å². The number of nitrogens with zero attached hydrogens (tertiary/aromatic N) is 4. The Hall–Kier alpha value is -3.93. The molecule has 28 heavy (non-hydrogen) atoms. The van der Waals surface area contributed by atoms with E-state index in [2.05, 4.69) is 25.3 Å². The molecule has 134 valence electrons. The third-order valence-corrected chi connectivity index (χ3v) is 4.35. The molecule has 0 aliphatic carbocycles. The van der Waals surface area contributed by atoms with Crippen LogP contribution in [0.2, 0.25) is 0 Å². The Morgan fingerprint density at radius 1 is 0.643 bits per heavy atom. The summed E-state index contributed by atoms with van der Waals surface area (Å²) in [6, 6.07) is 0. The van der Waals surface area contributed by atoms with E-state index in [-0.39, 0.29) is 5.91 Å². The maximum absolute atomic E-state index is 11.6. The molecule has 0 radical (unpaired) electrons. The largest absolute Gasteiger partial charge is 0.324 e. The number of nitrogens with one attached hydrogen (secondary N) is 1. The zero-order valence-corrected chi connectivity index (χ0v) is 15.0. The first-order valence-electron chi connectivity index (χ1n) is 8.86. The van der Waals surface area contributed by atoms with Crippen molar-refractivity contribution < 1.29 is 4.79 Å². The highest BCUT2D eigenvalue weighted by molar-refractivity contribution is 6.16. The van der Waals surface area contributed by atoms with Crippen LogP contribution in [0.3, 0.4) is 0 Å². The van der Waals surface area contributed by atoms with E-state index >= 15 is 0 Å². The summed E-state index contributed by atoms with van der Waals surface area (Å²) in [5.41, 5.74) is 6.93. The molecule has 1 N–H and O–H groups in total. The molecule has 8 bridgehead atoms. The Morgan fingerprint density at radius 2 is 1.14 bits per heavy atom. The molecule has 0 unspecified atom stereocenters. The van der Waals surface area contributed by atoms with Gasteiger partial charge >= 0.3 is 0 Å². The summed E-state index contributed by atoms with van der Waals surface area (Å²) in [6.45, 7) is 1.48. The Bertz CT molecular complexity index is 1190. The third kappa shape index (κ3) is 3.23. The van der Waals surface area contributed by atoms with Crippen LogP contribution in [0.5, 0.6) is 0 Å². The molecular weight excluding hydrogens is 350 g/mol. The summed E-state index contributed by atoms with van der Waals surface area (Å²) in [5.74, 6) is -0.148. The van der Waals surface area contributed by atoms with Gasteiger partial charge in [-0.05, 0) is 66.8 Å². The van der Waals surface area contributed by atoms with Crippen LogP contribution < -0.4 is 5.32 Å². The van der Waals surface area contributed by atoms with Crippen molar-refractivity contribution in [3.05, 3.63) is 95.3 Å². The van der Waals surface area contributed by atoms with Crippen LogP contribution >= 0.6 is 0 Å². The predicted octanol–water partition coefficient (Wildman–Crippen LogP) is 3.04. The van der Waals surface area contributed by atoms with Gasteiger partial charge in [-0.2, -0.15) is 0 Å². The van der Waals surface area contributed by atoms with Gasteiger partial charge in [-0.25, -0.2) is 20.0 Å². The van der Waals surface area contributed by atoms with E-state index in [0.29, 0.717) is 11.4 Å². The van der Waals surface area contributed by atoms with Crippen LogP contribution in [0, 0.1) is 0 Å². The minimum atomic E-state index is -0.148. The van der Waals surface area contributed by atoms with E-state index in [1.54, 1.807) is 0 Å². The van der Waals surface area contributed by atoms with E-state index in [1.807, 2.05) is 66.8 Å². The van der Waals surface area contributed by atoms with Crippen LogP contribution in [0.15, 0.2) is 115 Å². The summed E-state index contributed by atoms with van der Waals surface area (Å²) < 4.78 is 0. The Labute approximate surface area is 161 Å². The second-order valence-electron chi connectivity index (χ2n) is 6.62. The Morgan fingerprint density at radius 3 is 1.68 bits per heavy atom. The Kier molecular flexibility index (Phi) is 3.69. The standard InChI is InChI=1S/C22H15N5O/c1-13(28)23-21-12-20-10-18-5-4-16(25-18)8-14-2-3-15(24-14)9-17-6-7-19(26-17)11-22(21)27-20/h2-12H,1H3,(H,23,28). The zero-order chi connectivity index (χ0) is 19.1. The van der Waals surface area contributed by atoms with Crippen LogP contribution in [-0.2, 0) is 4.79 Å². The first kappa shape index (κ1) is 16.3. The van der Waals surface area contributed by atoms with Gasteiger partial charge in [-0.15, -0.1) is 0 Å². The van der Waals surface area contributed by atoms with Crippen molar-refractivity contribution in [3.8, 4) is 0 Å². The van der Waals surface area contributed by atoms with Crippen molar-refractivity contribution in [1.29, 1.82) is 0 Å². The van der Waals surface area contributed by atoms with Crippen LogP contribution in [-0.4, -0.2) is 28.8 Å². The number of carbonyl (C=O) groups is 1. The summed E-state index contributed by atoms with van der Waals surface area (Å²) in [5, 5.41) is 2.83. The van der Waals surface area contributed by atoms with Crippen molar-refractivity contribution >= 4 is 28.8 Å². The lowest BCUT2D eigenvalue weighted by Crippen LogP contribution is -2.22. The van der Waals surface area contributed by atoms with Crippen molar-refractivity contribution in [2.75, 3.05) is 0 Å². The number of carbonyl (C=O) groups excluding carboxylic acids is 1. The van der Waals surface area contributed by atoms with E-state index in [0.717, 1.165) is 39.9 Å². The molecule has 1 amide bonds. The summed E-state index contributed by atoms with van der Waals surface area (Å²) in [7, 11) is 0. The molecule has 0 spiro atoms. The normalized spacial score (nSPS) is 21.2. The average Bonchev–Trinajstić information content (AvgIpc) is 3.40. The molecule has 0 aromatic carbocycles. The smallest absolute Gasteiger partial charge is 0.221 e. The van der Waals surface area contributed by atoms with Crippen molar-refractivity contribution in [3.63, 3.8) is 0 Å². The van der Waals surface area contributed by atoms with Crippen LogP contribution in [0.25, 0.3) is 0 Å². The second-order valence-corrected chi connectivity index (χ2v) is 6.62. The lowest BCUT2D eigenvalue weighted by atomic mass is 10.2. The molecule has 5 aliphatic heterocycles. The molecule has 0 saturated carbocycles. The number of rotatable bonds is 1. The summed E-state index contributed by atoms with van der Waals surface area (Å²) in [6.07, 6.45) is 21.1. The molecule has 6 nitrogen and oxygen atoms in total. The van der Waals surface area contributed by atoms with Crippen molar-refractivity contribution in [1.82, 2.24) is 5.32 Å². The van der Waals surface area contributed by atoms with Gasteiger partial charge in [0.15, 0.2) is 0 Å². The molecule has 0 atom stereocenters. The molecule has 5 aliphatic rings. The number of hydrogen-bond donors (Lipinski definition) is 1. The monoisotopic (exact) mass is 365 g/mol. The fourth-order valence-corrected chi connectivity index (χ4v) is 3.19. The van der Waals surface area contributed by atoms with Gasteiger partial charge < -0.3 is 5.32 Å². The van der Waals surface area contributed by atoms with Crippen LogP contribution in [0.4, 0.5) is 0 Å². The molecule has 0 aromatic heterocycles. The van der Waals surface area contributed by atoms with Crippen LogP contribution in [0.1, 0.15) is 6.92 Å². The van der Waals surface area contributed by atoms with E-state index in [1.165, 1.54) is 6.92 Å². The van der Waals surface area contributed by atoms with E-state index in [4.69, 9.17) is 0 Å². The third-order valence-electron chi connectivity index (χ3n) is 4.35. The van der Waals surface area contributed by atoms with Crippen molar-refractivity contribution in [2.24, 2.45) is 20.0 Å². The lowest BCUT2D eigenvalue weighted by molar-refractivity contribution is -0.118. The lowest BCUT2D eigenvalue weighted by Gasteiger charge is -2.03. The zero-order valence-electron chi connectivity index (χ0n) is 15.0. The highest BCUT2D eigenvalue weighted by atomic mass is 16.1. The number of aliphatic imine (C=N–C) groups is 4. The maximum atomic E-state index is 11.6. The molecule has 0 saturated heterocycles. The summed E-state index contributed by atoms with van der Waals surface area (Å²) in [4.78, 5) is 30.0. The van der Waals surface area contributed by atoms with Gasteiger partial charge in [-0.1, -0.05) is 0 Å². The number of fused-ring (bicyclic) bond motifs is 4. The number of allylic oxidation sites excluding steroid dienone is 11. The number of amides is 1. The van der Waals surface area contributed by atoms with E-state index < -0.39 is 0 Å². The summed E-state index contributed by atoms with van der Waals surface area (Å²) >= 11 is 0. The van der Waals surface area contributed by atoms with Gasteiger partial charge in [-0.3, -0.25) is 4.79 Å². The predicted molar refractivity (Wildman–Crippen MR) is 111 cm³/mol. The van der Waals surface area contributed by atoms with Gasteiger partial charge in [0.1, 0.15) is 0 Å². The number of hydrogen-bond acceptors (Lipinski definition) is 5. The highest BCUT2D eigenvalue weighted by Gasteiger charge is 2.17. The average molecular weight is 365 g/mol. The Balaban J connectivity index is 1.64. The molecule has 0 fully saturated rings. The van der Waals surface area contributed by atoms with Gasteiger partial charge in [0, 0.05) is 6.92 Å². The molecule has 6 heteroatoms. The molecular formula is C22H15N5O. The quantitative estimate of drug-likeness (QED) is 0.762. The molecule has 0 aromatic rings.